The molecule has 1 nitrogen and oxygen atoms in total. The van der Waals surface area contributed by atoms with Gasteiger partial charge in [-0.1, -0.05) is 127 Å². The monoisotopic (exact) mass is 485 g/mol. The van der Waals surface area contributed by atoms with E-state index in [0.29, 0.717) is 11.8 Å². The van der Waals surface area contributed by atoms with Gasteiger partial charge in [0.15, 0.2) is 0 Å². The fraction of sp³-hybridized carbons (Fsp3) is 0.167. The molecule has 3 unspecified atom stereocenters. The standard InChI is InChI=1S/C36H39N/c1-4-15-30(5-2)18-13-19-32(25-24-31-16-9-7-10-17-31)20-14-23-35(6-3)37-36-28-26-34(27-29-36)33-21-11-8-12-22-33/h4-14,16-18,20-22,24-30,32,35,37H,1-3,15,19,23H2/b18-13+,20-14+,25-24+. The molecular weight excluding hydrogens is 446 g/mol. The Hall–Kier alpha value is -4.10. The molecule has 0 fully saturated rings. The Balaban J connectivity index is 1.62. The largest absolute Gasteiger partial charge is 0.379 e. The van der Waals surface area contributed by atoms with E-state index < -0.39 is 0 Å². The summed E-state index contributed by atoms with van der Waals surface area (Å²) in [5.41, 5.74) is 4.75. The summed E-state index contributed by atoms with van der Waals surface area (Å²) < 4.78 is 0. The molecule has 0 heterocycles. The lowest BCUT2D eigenvalue weighted by atomic mass is 9.99. The Morgan fingerprint density at radius 1 is 0.595 bits per heavy atom. The minimum atomic E-state index is 0.158. The maximum Gasteiger partial charge on any atom is 0.0476 e. The molecule has 0 spiro atoms. The lowest BCUT2D eigenvalue weighted by molar-refractivity contribution is 0.791. The summed E-state index contributed by atoms with van der Waals surface area (Å²) >= 11 is 0. The van der Waals surface area contributed by atoms with E-state index >= 15 is 0 Å². The molecule has 3 aromatic rings. The van der Waals surface area contributed by atoms with Crippen LogP contribution >= 0.6 is 0 Å². The van der Waals surface area contributed by atoms with Gasteiger partial charge < -0.3 is 5.32 Å². The van der Waals surface area contributed by atoms with E-state index in [4.69, 9.17) is 0 Å². The number of rotatable bonds is 15. The Kier molecular flexibility index (Phi) is 11.7. The van der Waals surface area contributed by atoms with Crippen LogP contribution in [-0.2, 0) is 0 Å². The minimum Gasteiger partial charge on any atom is -0.379 e. The van der Waals surface area contributed by atoms with Crippen molar-refractivity contribution in [1.29, 1.82) is 0 Å². The van der Waals surface area contributed by atoms with Gasteiger partial charge in [-0.15, -0.1) is 19.7 Å². The van der Waals surface area contributed by atoms with Crippen molar-refractivity contribution >= 4 is 11.8 Å². The predicted octanol–water partition coefficient (Wildman–Crippen LogP) is 9.92. The van der Waals surface area contributed by atoms with E-state index in [0.717, 1.165) is 24.9 Å². The third kappa shape index (κ3) is 9.82. The summed E-state index contributed by atoms with van der Waals surface area (Å²) in [6, 6.07) is 29.6. The molecule has 0 aromatic heterocycles. The second-order valence-electron chi connectivity index (χ2n) is 9.12. The molecule has 3 rings (SSSR count). The SMILES string of the molecule is C=CCC(C=C)/C=C/CC(/C=C/CC(C=C)Nc1ccc(-c2ccccc2)cc1)/C=C/c1ccccc1. The molecule has 0 saturated carbocycles. The van der Waals surface area contributed by atoms with Crippen LogP contribution in [0.25, 0.3) is 17.2 Å². The van der Waals surface area contributed by atoms with Gasteiger partial charge in [0.25, 0.3) is 0 Å². The maximum absolute atomic E-state index is 4.05. The number of allylic oxidation sites excluding steroid dienone is 6. The lowest BCUT2D eigenvalue weighted by Crippen LogP contribution is -2.15. The van der Waals surface area contributed by atoms with Gasteiger partial charge in [0.2, 0.25) is 0 Å². The van der Waals surface area contributed by atoms with Crippen molar-refractivity contribution in [1.82, 2.24) is 0 Å². The average molecular weight is 486 g/mol. The van der Waals surface area contributed by atoms with Crippen molar-refractivity contribution in [3.05, 3.63) is 159 Å². The number of hydrogen-bond donors (Lipinski definition) is 1. The Morgan fingerprint density at radius 2 is 1.22 bits per heavy atom. The molecule has 0 bridgehead atoms. The van der Waals surface area contributed by atoms with Gasteiger partial charge in [0, 0.05) is 11.7 Å². The highest BCUT2D eigenvalue weighted by Crippen LogP contribution is 2.22. The van der Waals surface area contributed by atoms with Crippen LogP contribution in [0.1, 0.15) is 24.8 Å². The first kappa shape index (κ1) is 27.5. The van der Waals surface area contributed by atoms with E-state index in [1.54, 1.807) is 0 Å². The van der Waals surface area contributed by atoms with Crippen molar-refractivity contribution in [3.63, 3.8) is 0 Å². The third-order valence-corrected chi connectivity index (χ3v) is 6.27. The van der Waals surface area contributed by atoms with Crippen LogP contribution in [0.5, 0.6) is 0 Å². The van der Waals surface area contributed by atoms with Gasteiger partial charge in [-0.2, -0.15) is 0 Å². The van der Waals surface area contributed by atoms with Gasteiger partial charge in [-0.05, 0) is 59.9 Å². The zero-order chi connectivity index (χ0) is 26.1. The smallest absolute Gasteiger partial charge is 0.0476 e. The summed E-state index contributed by atoms with van der Waals surface area (Å²) in [7, 11) is 0. The van der Waals surface area contributed by atoms with E-state index in [-0.39, 0.29) is 6.04 Å². The highest BCUT2D eigenvalue weighted by molar-refractivity contribution is 5.66. The molecule has 3 aromatic carbocycles. The van der Waals surface area contributed by atoms with Gasteiger partial charge in [-0.3, -0.25) is 0 Å². The summed E-state index contributed by atoms with van der Waals surface area (Å²) in [5.74, 6) is 0.643. The molecule has 188 valence electrons. The Bertz CT molecular complexity index is 1170. The third-order valence-electron chi connectivity index (χ3n) is 6.27. The number of nitrogens with one attached hydrogen (secondary N) is 1. The summed E-state index contributed by atoms with van der Waals surface area (Å²) in [6.07, 6.45) is 22.2. The van der Waals surface area contributed by atoms with Crippen LogP contribution in [0, 0.1) is 11.8 Å². The van der Waals surface area contributed by atoms with Gasteiger partial charge in [0.1, 0.15) is 0 Å². The van der Waals surface area contributed by atoms with E-state index in [2.05, 4.69) is 134 Å². The molecule has 37 heavy (non-hydrogen) atoms. The fourth-order valence-electron chi connectivity index (χ4n) is 4.09. The van der Waals surface area contributed by atoms with Gasteiger partial charge >= 0.3 is 0 Å². The highest BCUT2D eigenvalue weighted by Gasteiger charge is 2.05. The van der Waals surface area contributed by atoms with Gasteiger partial charge in [0.05, 0.1) is 0 Å². The fourth-order valence-corrected chi connectivity index (χ4v) is 4.09. The highest BCUT2D eigenvalue weighted by atomic mass is 14.9. The molecule has 0 amide bonds. The van der Waals surface area contributed by atoms with Crippen molar-refractivity contribution < 1.29 is 0 Å². The summed E-state index contributed by atoms with van der Waals surface area (Å²) in [4.78, 5) is 0. The van der Waals surface area contributed by atoms with E-state index in [9.17, 15) is 0 Å². The molecule has 0 aliphatic rings. The quantitative estimate of drug-likeness (QED) is 0.211. The number of hydrogen-bond acceptors (Lipinski definition) is 1. The average Bonchev–Trinajstić information content (AvgIpc) is 2.95. The zero-order valence-corrected chi connectivity index (χ0v) is 21.8. The molecule has 0 aliphatic carbocycles. The molecule has 1 heteroatoms. The molecule has 3 atom stereocenters. The second-order valence-corrected chi connectivity index (χ2v) is 9.12. The first-order valence-electron chi connectivity index (χ1n) is 13.1. The van der Waals surface area contributed by atoms with Crippen molar-refractivity contribution in [2.45, 2.75) is 25.3 Å². The van der Waals surface area contributed by atoms with Crippen LogP contribution in [-0.4, -0.2) is 6.04 Å². The van der Waals surface area contributed by atoms with Crippen LogP contribution in [0.4, 0.5) is 5.69 Å². The molecule has 0 saturated heterocycles. The molecule has 0 radical (unpaired) electrons. The van der Waals surface area contributed by atoms with E-state index in [1.165, 1.54) is 16.7 Å². The second kappa shape index (κ2) is 15.8. The van der Waals surface area contributed by atoms with Crippen LogP contribution in [0.15, 0.2) is 153 Å². The zero-order valence-electron chi connectivity index (χ0n) is 21.8. The predicted molar refractivity (Wildman–Crippen MR) is 164 cm³/mol. The van der Waals surface area contributed by atoms with E-state index in [1.807, 2.05) is 30.4 Å². The lowest BCUT2D eigenvalue weighted by Gasteiger charge is -2.15. The van der Waals surface area contributed by atoms with Crippen LogP contribution in [0.3, 0.4) is 0 Å². The topological polar surface area (TPSA) is 12.0 Å². The van der Waals surface area contributed by atoms with Crippen molar-refractivity contribution in [3.8, 4) is 11.1 Å². The normalized spacial score (nSPS) is 13.9. The maximum atomic E-state index is 4.05. The van der Waals surface area contributed by atoms with Crippen LogP contribution in [0.2, 0.25) is 0 Å². The van der Waals surface area contributed by atoms with Crippen molar-refractivity contribution in [2.75, 3.05) is 5.32 Å². The summed E-state index contributed by atoms with van der Waals surface area (Å²) in [5, 5.41) is 3.60. The van der Waals surface area contributed by atoms with Gasteiger partial charge in [-0.25, -0.2) is 0 Å². The summed E-state index contributed by atoms with van der Waals surface area (Å²) in [6.45, 7) is 11.8. The minimum absolute atomic E-state index is 0.158. The van der Waals surface area contributed by atoms with Crippen LogP contribution < -0.4 is 5.32 Å². The number of benzene rings is 3. The molecule has 0 aliphatic heterocycles. The number of anilines is 1. The molecule has 1 N–H and O–H groups in total. The Morgan fingerprint density at radius 3 is 1.86 bits per heavy atom. The first-order chi connectivity index (χ1) is 18.2. The molecular formula is C36H39N. The van der Waals surface area contributed by atoms with Crippen molar-refractivity contribution in [2.24, 2.45) is 11.8 Å². The Labute approximate surface area is 224 Å². The first-order valence-corrected chi connectivity index (χ1v) is 13.1.